The van der Waals surface area contributed by atoms with Crippen molar-refractivity contribution >= 4 is 22.3 Å². The van der Waals surface area contributed by atoms with Crippen LogP contribution in [0.2, 0.25) is 0 Å². The monoisotopic (exact) mass is 424 g/mol. The van der Waals surface area contributed by atoms with Gasteiger partial charge < -0.3 is 0 Å². The molecular formula is C33H28. The van der Waals surface area contributed by atoms with E-state index >= 15 is 0 Å². The van der Waals surface area contributed by atoms with Crippen LogP contribution >= 0.6 is 0 Å². The third-order valence-electron chi connectivity index (χ3n) is 7.53. The molecule has 4 aromatic carbocycles. The lowest BCUT2D eigenvalue weighted by atomic mass is 9.75. The summed E-state index contributed by atoms with van der Waals surface area (Å²) in [4.78, 5) is 0. The molecule has 6 rings (SSSR count). The molecule has 2 aliphatic rings. The average Bonchev–Trinajstić information content (AvgIpc) is 3.45. The number of rotatable bonds is 4. The van der Waals surface area contributed by atoms with Gasteiger partial charge in [-0.1, -0.05) is 135 Å². The minimum Gasteiger partial charge on any atom is -0.0622 e. The van der Waals surface area contributed by atoms with E-state index in [-0.39, 0.29) is 5.41 Å². The largest absolute Gasteiger partial charge is 0.0622 e. The molecule has 0 heteroatoms. The van der Waals surface area contributed by atoms with Crippen LogP contribution in [0.3, 0.4) is 0 Å². The van der Waals surface area contributed by atoms with Crippen molar-refractivity contribution in [3.63, 3.8) is 0 Å². The second-order valence-electron chi connectivity index (χ2n) is 9.82. The maximum Gasteiger partial charge on any atom is -0.00176 e. The molecule has 1 fully saturated rings. The topological polar surface area (TPSA) is 0 Å². The molecule has 2 atom stereocenters. The highest BCUT2D eigenvalue weighted by Gasteiger charge is 2.63. The van der Waals surface area contributed by atoms with E-state index < -0.39 is 0 Å². The quantitative estimate of drug-likeness (QED) is 0.308. The highest BCUT2D eigenvalue weighted by atomic mass is 14.7. The van der Waals surface area contributed by atoms with Crippen LogP contribution in [0.25, 0.3) is 22.3 Å². The lowest BCUT2D eigenvalue weighted by molar-refractivity contribution is 0.595. The van der Waals surface area contributed by atoms with Gasteiger partial charge in [0, 0.05) is 0 Å². The van der Waals surface area contributed by atoms with E-state index in [0.717, 1.165) is 0 Å². The Morgan fingerprint density at radius 1 is 0.394 bits per heavy atom. The summed E-state index contributed by atoms with van der Waals surface area (Å²) in [5, 5.41) is 0. The molecular weight excluding hydrogens is 396 g/mol. The van der Waals surface area contributed by atoms with E-state index in [1.165, 1.54) is 44.5 Å². The summed E-state index contributed by atoms with van der Waals surface area (Å²) < 4.78 is 0. The van der Waals surface area contributed by atoms with E-state index in [2.05, 4.69) is 135 Å². The normalized spacial score (nSPS) is 21.0. The van der Waals surface area contributed by atoms with Crippen molar-refractivity contribution in [2.45, 2.75) is 13.8 Å². The fourth-order valence-electron chi connectivity index (χ4n) is 5.99. The first-order chi connectivity index (χ1) is 16.2. The molecule has 0 bridgehead atoms. The molecule has 160 valence electrons. The van der Waals surface area contributed by atoms with Crippen LogP contribution in [0.5, 0.6) is 0 Å². The maximum absolute atomic E-state index is 2.45. The molecule has 0 amide bonds. The van der Waals surface area contributed by atoms with Crippen LogP contribution in [0.15, 0.2) is 121 Å². The Hall–Kier alpha value is -3.64. The van der Waals surface area contributed by atoms with Crippen LogP contribution in [-0.2, 0) is 0 Å². The standard InChI is InChI=1S/C33H28/c1-33(2)31-29(25-19-11-5-12-20-25)27(23-15-7-3-8-16-23)28(24-17-9-4-10-18-24)30(32(31)33)26-21-13-6-14-22-26/h3-22,31-32H,1-2H3. The van der Waals surface area contributed by atoms with Gasteiger partial charge in [0.15, 0.2) is 0 Å². The summed E-state index contributed by atoms with van der Waals surface area (Å²) in [6.45, 7) is 4.90. The van der Waals surface area contributed by atoms with Gasteiger partial charge in [0.25, 0.3) is 0 Å². The van der Waals surface area contributed by atoms with E-state index in [1.54, 1.807) is 0 Å². The molecule has 0 aromatic heterocycles. The Morgan fingerprint density at radius 2 is 0.667 bits per heavy atom. The average molecular weight is 425 g/mol. The van der Waals surface area contributed by atoms with Gasteiger partial charge in [-0.15, -0.1) is 0 Å². The lowest BCUT2D eigenvalue weighted by Gasteiger charge is -2.28. The van der Waals surface area contributed by atoms with Crippen LogP contribution in [0, 0.1) is 17.3 Å². The zero-order valence-electron chi connectivity index (χ0n) is 19.2. The summed E-state index contributed by atoms with van der Waals surface area (Å²) in [6, 6.07) is 44.1. The van der Waals surface area contributed by atoms with Gasteiger partial charge in [0.05, 0.1) is 0 Å². The number of fused-ring (bicyclic) bond motifs is 1. The fourth-order valence-corrected chi connectivity index (χ4v) is 5.99. The van der Waals surface area contributed by atoms with Crippen molar-refractivity contribution in [1.29, 1.82) is 0 Å². The van der Waals surface area contributed by atoms with Crippen molar-refractivity contribution in [1.82, 2.24) is 0 Å². The molecule has 0 heterocycles. The number of benzene rings is 4. The van der Waals surface area contributed by atoms with E-state index in [9.17, 15) is 0 Å². The molecule has 2 aliphatic carbocycles. The predicted molar refractivity (Wildman–Crippen MR) is 140 cm³/mol. The molecule has 0 nitrogen and oxygen atoms in total. The first-order valence-electron chi connectivity index (χ1n) is 11.9. The molecule has 0 spiro atoms. The van der Waals surface area contributed by atoms with Crippen LogP contribution in [-0.4, -0.2) is 0 Å². The first-order valence-corrected chi connectivity index (χ1v) is 11.9. The molecule has 0 saturated heterocycles. The van der Waals surface area contributed by atoms with Gasteiger partial charge in [-0.25, -0.2) is 0 Å². The Labute approximate surface area is 196 Å². The Bertz CT molecular complexity index is 1230. The molecule has 4 aromatic rings. The fraction of sp³-hybridized carbons (Fsp3) is 0.152. The Morgan fingerprint density at radius 3 is 0.970 bits per heavy atom. The van der Waals surface area contributed by atoms with Gasteiger partial charge in [-0.05, 0) is 61.8 Å². The maximum atomic E-state index is 2.45. The highest BCUT2D eigenvalue weighted by molar-refractivity contribution is 6.25. The third kappa shape index (κ3) is 3.21. The minimum atomic E-state index is 0.201. The van der Waals surface area contributed by atoms with Crippen LogP contribution < -0.4 is 0 Å². The summed E-state index contributed by atoms with van der Waals surface area (Å²) in [5.74, 6) is 0.996. The van der Waals surface area contributed by atoms with Crippen molar-refractivity contribution in [2.75, 3.05) is 0 Å². The molecule has 0 aliphatic heterocycles. The van der Waals surface area contributed by atoms with Gasteiger partial charge in [-0.3, -0.25) is 0 Å². The Balaban J connectivity index is 1.77. The minimum absolute atomic E-state index is 0.201. The number of hydrogen-bond acceptors (Lipinski definition) is 0. The number of hydrogen-bond donors (Lipinski definition) is 0. The van der Waals surface area contributed by atoms with E-state index in [1.807, 2.05) is 0 Å². The second-order valence-corrected chi connectivity index (χ2v) is 9.82. The van der Waals surface area contributed by atoms with Crippen molar-refractivity contribution in [3.8, 4) is 0 Å². The lowest BCUT2D eigenvalue weighted by Crippen LogP contribution is -2.08. The zero-order valence-corrected chi connectivity index (χ0v) is 19.2. The molecule has 33 heavy (non-hydrogen) atoms. The smallest absolute Gasteiger partial charge is 0.00176 e. The van der Waals surface area contributed by atoms with Crippen LogP contribution in [0.1, 0.15) is 36.1 Å². The van der Waals surface area contributed by atoms with Gasteiger partial charge in [0.2, 0.25) is 0 Å². The summed E-state index contributed by atoms with van der Waals surface area (Å²) in [7, 11) is 0. The van der Waals surface area contributed by atoms with Crippen LogP contribution in [0.4, 0.5) is 0 Å². The van der Waals surface area contributed by atoms with Crippen molar-refractivity contribution in [2.24, 2.45) is 17.3 Å². The van der Waals surface area contributed by atoms with Gasteiger partial charge >= 0.3 is 0 Å². The first kappa shape index (κ1) is 20.0. The molecule has 1 saturated carbocycles. The number of allylic oxidation sites excluding steroid dienone is 4. The zero-order chi connectivity index (χ0) is 22.4. The molecule has 0 N–H and O–H groups in total. The summed E-state index contributed by atoms with van der Waals surface area (Å²) in [6.07, 6.45) is 0. The van der Waals surface area contributed by atoms with E-state index in [0.29, 0.717) is 11.8 Å². The second kappa shape index (κ2) is 7.74. The summed E-state index contributed by atoms with van der Waals surface area (Å²) in [5.41, 5.74) is 11.2. The van der Waals surface area contributed by atoms with Gasteiger partial charge in [-0.2, -0.15) is 0 Å². The van der Waals surface area contributed by atoms with Crippen molar-refractivity contribution in [3.05, 3.63) is 144 Å². The predicted octanol–water partition coefficient (Wildman–Crippen LogP) is 8.49. The SMILES string of the molecule is CC1(C)C2C(c3ccccc3)=C(c3ccccc3)C(c3ccccc3)=C(c3ccccc3)C21. The Kier molecular flexibility index (Phi) is 4.69. The highest BCUT2D eigenvalue weighted by Crippen LogP contribution is 2.73. The summed E-state index contributed by atoms with van der Waals surface area (Å²) >= 11 is 0. The van der Waals surface area contributed by atoms with Crippen molar-refractivity contribution < 1.29 is 0 Å². The van der Waals surface area contributed by atoms with E-state index in [4.69, 9.17) is 0 Å². The molecule has 0 radical (unpaired) electrons. The van der Waals surface area contributed by atoms with Gasteiger partial charge in [0.1, 0.15) is 0 Å². The third-order valence-corrected chi connectivity index (χ3v) is 7.53. The molecule has 2 unspecified atom stereocenters.